The Morgan fingerprint density at radius 2 is 1.15 bits per heavy atom. The molecule has 1 aliphatic heterocycles. The maximum absolute atomic E-state index is 10.7. The molecule has 0 bridgehead atoms. The van der Waals surface area contributed by atoms with Gasteiger partial charge in [0.2, 0.25) is 0 Å². The molecule has 67 heavy (non-hydrogen) atoms. The van der Waals surface area contributed by atoms with Crippen molar-refractivity contribution in [2.24, 2.45) is 5.92 Å². The highest BCUT2D eigenvalue weighted by Gasteiger charge is 2.40. The van der Waals surface area contributed by atoms with Crippen molar-refractivity contribution in [1.29, 1.82) is 5.26 Å². The summed E-state index contributed by atoms with van der Waals surface area (Å²) in [5, 5.41) is 10.7. The predicted octanol–water partition coefficient (Wildman–Crippen LogP) is 15.5. The first-order valence-corrected chi connectivity index (χ1v) is 23.0. The zero-order valence-electron chi connectivity index (χ0n) is 37.9. The van der Waals surface area contributed by atoms with E-state index in [1.165, 1.54) is 28.0 Å². The van der Waals surface area contributed by atoms with Crippen LogP contribution in [-0.2, 0) is 5.41 Å². The van der Waals surface area contributed by atoms with E-state index < -0.39 is 0 Å². The highest BCUT2D eigenvalue weighted by Crippen LogP contribution is 2.51. The molecule has 2 atom stereocenters. The lowest BCUT2D eigenvalue weighted by atomic mass is 9.82. The van der Waals surface area contributed by atoms with Gasteiger partial charge in [0.15, 0.2) is 5.82 Å². The lowest BCUT2D eigenvalue weighted by molar-refractivity contribution is 0.662. The molecule has 2 unspecified atom stereocenters. The molecular weight excluding hydrogens is 813 g/mol. The third kappa shape index (κ3) is 7.45. The number of nitrogens with zero attached hydrogens (tertiary/aromatic N) is 4. The molecule has 0 N–H and O–H groups in total. The minimum absolute atomic E-state index is 0.0407. The molecule has 0 spiro atoms. The molecule has 0 radical (unpaired) electrons. The number of hydrogen-bond acceptors (Lipinski definition) is 4. The van der Waals surface area contributed by atoms with Gasteiger partial charge < -0.3 is 4.90 Å². The van der Waals surface area contributed by atoms with Crippen molar-refractivity contribution in [3.8, 4) is 73.4 Å². The highest BCUT2D eigenvalue weighted by molar-refractivity contribution is 5.91. The van der Waals surface area contributed by atoms with Crippen molar-refractivity contribution in [3.05, 3.63) is 252 Å². The number of fused-ring (bicyclic) bond motifs is 2. The van der Waals surface area contributed by atoms with Gasteiger partial charge in [-0.1, -0.05) is 196 Å². The summed E-state index contributed by atoms with van der Waals surface area (Å²) in [6.45, 7) is 11.5. The van der Waals surface area contributed by atoms with E-state index in [0.29, 0.717) is 11.4 Å². The summed E-state index contributed by atoms with van der Waals surface area (Å²) in [6.07, 6.45) is 11.4. The van der Waals surface area contributed by atoms with Crippen molar-refractivity contribution in [1.82, 2.24) is 9.97 Å². The third-order valence-electron chi connectivity index (χ3n) is 13.9. The molecule has 0 fully saturated rings. The molecule has 1 aromatic heterocycles. The van der Waals surface area contributed by atoms with Gasteiger partial charge in [-0.05, 0) is 105 Å². The molecule has 8 aromatic rings. The van der Waals surface area contributed by atoms with E-state index in [1.807, 2.05) is 48.5 Å². The Bertz CT molecular complexity index is 3340. The van der Waals surface area contributed by atoms with Gasteiger partial charge in [0.25, 0.3) is 0 Å². The fourth-order valence-electron chi connectivity index (χ4n) is 10.2. The Hall–Kier alpha value is -8.39. The largest absolute Gasteiger partial charge is 0.337 e. The van der Waals surface area contributed by atoms with Crippen LogP contribution >= 0.6 is 0 Å². The minimum atomic E-state index is -0.168. The van der Waals surface area contributed by atoms with E-state index in [0.717, 1.165) is 72.7 Å². The summed E-state index contributed by atoms with van der Waals surface area (Å²) in [5.74, 6) is 0.782. The maximum atomic E-state index is 10.7. The zero-order chi connectivity index (χ0) is 45.6. The standard InChI is InChI=1S/C63H48N4/c1-41-56(54-24-14-16-26-58(54)63(41,3)4)38-57-42(2)67(61-27-17-15-25-55(57)61)52-36-49(48-32-33-53(51(34-48)40-64)45-30-28-44(29-31-45)43-18-8-5-9-19-43)35-50(37-52)60-39-59(46-20-10-6-11-21-46)65-62(66-60)47-22-12-7-13-23-47/h5-39,55,61H,1H2,2-4H3/b56-38+. The van der Waals surface area contributed by atoms with Gasteiger partial charge in [-0.25, -0.2) is 9.97 Å². The average molecular weight is 861 g/mol. The second kappa shape index (κ2) is 16.9. The summed E-state index contributed by atoms with van der Waals surface area (Å²) in [5.41, 5.74) is 19.6. The molecule has 2 aliphatic carbocycles. The van der Waals surface area contributed by atoms with Crippen molar-refractivity contribution < 1.29 is 0 Å². The van der Waals surface area contributed by atoms with Crippen LogP contribution in [0.1, 0.15) is 37.5 Å². The van der Waals surface area contributed by atoms with Crippen LogP contribution in [0.3, 0.4) is 0 Å². The zero-order valence-corrected chi connectivity index (χ0v) is 37.9. The van der Waals surface area contributed by atoms with Gasteiger partial charge in [0, 0.05) is 39.4 Å². The summed E-state index contributed by atoms with van der Waals surface area (Å²) < 4.78 is 0. The van der Waals surface area contributed by atoms with Crippen LogP contribution in [0.5, 0.6) is 0 Å². The van der Waals surface area contributed by atoms with E-state index in [2.05, 4.69) is 202 Å². The van der Waals surface area contributed by atoms with Crippen LogP contribution < -0.4 is 4.90 Å². The lowest BCUT2D eigenvalue weighted by Gasteiger charge is -2.31. The number of anilines is 1. The first-order valence-electron chi connectivity index (χ1n) is 23.0. The van der Waals surface area contributed by atoms with E-state index in [4.69, 9.17) is 9.97 Å². The number of hydrogen-bond donors (Lipinski definition) is 0. The van der Waals surface area contributed by atoms with Gasteiger partial charge >= 0.3 is 0 Å². The quantitative estimate of drug-likeness (QED) is 0.153. The molecule has 3 aliphatic rings. The van der Waals surface area contributed by atoms with Crippen LogP contribution in [-0.4, -0.2) is 16.0 Å². The third-order valence-corrected chi connectivity index (χ3v) is 13.9. The molecule has 4 heteroatoms. The normalized spacial score (nSPS) is 17.4. The fraction of sp³-hybridized carbons (Fsp3) is 0.0952. The molecule has 0 saturated heterocycles. The Labute approximate surface area is 393 Å². The van der Waals surface area contributed by atoms with Crippen molar-refractivity contribution in [2.75, 3.05) is 4.90 Å². The second-order valence-electron chi connectivity index (χ2n) is 18.2. The van der Waals surface area contributed by atoms with Crippen LogP contribution in [0.4, 0.5) is 5.69 Å². The lowest BCUT2D eigenvalue weighted by Crippen LogP contribution is -2.32. The first kappa shape index (κ1) is 41.3. The van der Waals surface area contributed by atoms with Gasteiger partial charge in [-0.3, -0.25) is 0 Å². The number of rotatable bonds is 8. The molecule has 2 heterocycles. The van der Waals surface area contributed by atoms with Crippen LogP contribution in [0.15, 0.2) is 236 Å². The SMILES string of the molecule is C=C1/C(=C\C2=C(C)N(c3cc(-c4ccc(-c5ccc(-c6ccccc6)cc5)c(C#N)c4)cc(-c4cc(-c5ccccc5)nc(-c5ccccc5)n4)c3)C3C=CC=CC23)c2ccccc2C1(C)C. The minimum Gasteiger partial charge on any atom is -0.337 e. The molecule has 0 saturated carbocycles. The van der Waals surface area contributed by atoms with E-state index in [1.54, 1.807) is 0 Å². The van der Waals surface area contributed by atoms with Gasteiger partial charge in [0.1, 0.15) is 0 Å². The summed E-state index contributed by atoms with van der Waals surface area (Å²) in [6, 6.07) is 65.8. The van der Waals surface area contributed by atoms with E-state index in [-0.39, 0.29) is 17.4 Å². The Morgan fingerprint density at radius 1 is 0.567 bits per heavy atom. The van der Waals surface area contributed by atoms with Crippen LogP contribution in [0.2, 0.25) is 0 Å². The van der Waals surface area contributed by atoms with Crippen molar-refractivity contribution in [3.63, 3.8) is 0 Å². The molecule has 7 aromatic carbocycles. The summed E-state index contributed by atoms with van der Waals surface area (Å²) in [7, 11) is 0. The summed E-state index contributed by atoms with van der Waals surface area (Å²) >= 11 is 0. The summed E-state index contributed by atoms with van der Waals surface area (Å²) in [4.78, 5) is 12.9. The number of aromatic nitrogens is 2. The van der Waals surface area contributed by atoms with Gasteiger partial charge in [-0.2, -0.15) is 5.26 Å². The van der Waals surface area contributed by atoms with Crippen molar-refractivity contribution >= 4 is 11.3 Å². The average Bonchev–Trinajstić information content (AvgIpc) is 3.78. The molecule has 0 amide bonds. The fourth-order valence-corrected chi connectivity index (χ4v) is 10.2. The van der Waals surface area contributed by atoms with Crippen LogP contribution in [0, 0.1) is 17.2 Å². The van der Waals surface area contributed by atoms with E-state index >= 15 is 0 Å². The second-order valence-corrected chi connectivity index (χ2v) is 18.2. The Balaban J connectivity index is 1.09. The monoisotopic (exact) mass is 860 g/mol. The molecular formula is C63H48N4. The number of nitriles is 1. The number of benzene rings is 7. The van der Waals surface area contributed by atoms with Crippen LogP contribution in [0.25, 0.3) is 72.9 Å². The smallest absolute Gasteiger partial charge is 0.160 e. The maximum Gasteiger partial charge on any atom is 0.160 e. The van der Waals surface area contributed by atoms with Gasteiger partial charge in [0.05, 0.1) is 29.1 Å². The Morgan fingerprint density at radius 3 is 1.87 bits per heavy atom. The van der Waals surface area contributed by atoms with Crippen molar-refractivity contribution in [2.45, 2.75) is 32.2 Å². The molecule has 4 nitrogen and oxygen atoms in total. The molecule has 320 valence electrons. The number of allylic oxidation sites excluding steroid dienone is 6. The van der Waals surface area contributed by atoms with E-state index in [9.17, 15) is 5.26 Å². The van der Waals surface area contributed by atoms with Gasteiger partial charge in [-0.15, -0.1) is 0 Å². The Kier molecular flexibility index (Phi) is 10.4. The molecule has 11 rings (SSSR count). The highest BCUT2D eigenvalue weighted by atomic mass is 15.2. The first-order chi connectivity index (χ1) is 32.7. The topological polar surface area (TPSA) is 52.8 Å². The predicted molar refractivity (Wildman–Crippen MR) is 277 cm³/mol.